The van der Waals surface area contributed by atoms with E-state index >= 15 is 0 Å². The molecule has 2 fully saturated rings. The molecule has 1 atom stereocenters. The highest BCUT2D eigenvalue weighted by Gasteiger charge is 2.22. The lowest BCUT2D eigenvalue weighted by molar-refractivity contribution is 0.0531. The third-order valence-electron chi connectivity index (χ3n) is 3.62. The highest BCUT2D eigenvalue weighted by molar-refractivity contribution is 5.52. The van der Waals surface area contributed by atoms with Crippen molar-refractivity contribution in [2.45, 2.75) is 38.5 Å². The van der Waals surface area contributed by atoms with Gasteiger partial charge in [0.15, 0.2) is 0 Å². The van der Waals surface area contributed by atoms with Crippen molar-refractivity contribution < 1.29 is 4.74 Å². The standard InChI is InChI=1S/C14H21N3O/c1-11-10-17(6-7-18-11)14-4-5-15-8-12(14)9-16-13-2-3-13/h4-5,8,11,13,16H,2-3,6-7,9-10H2,1H3. The van der Waals surface area contributed by atoms with Crippen molar-refractivity contribution in [3.05, 3.63) is 24.0 Å². The third-order valence-corrected chi connectivity index (χ3v) is 3.62. The summed E-state index contributed by atoms with van der Waals surface area (Å²) in [6.07, 6.45) is 6.84. The number of pyridine rings is 1. The zero-order chi connectivity index (χ0) is 12.4. The Kier molecular flexibility index (Phi) is 3.48. The molecule has 2 heterocycles. The molecule has 1 aromatic heterocycles. The lowest BCUT2D eigenvalue weighted by Crippen LogP contribution is -2.41. The summed E-state index contributed by atoms with van der Waals surface area (Å²) in [5.74, 6) is 0. The summed E-state index contributed by atoms with van der Waals surface area (Å²) < 4.78 is 5.60. The van der Waals surface area contributed by atoms with Crippen LogP contribution in [0.4, 0.5) is 5.69 Å². The molecule has 3 rings (SSSR count). The molecule has 0 spiro atoms. The largest absolute Gasteiger partial charge is 0.375 e. The molecule has 1 aliphatic carbocycles. The number of morpholine rings is 1. The first-order chi connectivity index (χ1) is 8.83. The fraction of sp³-hybridized carbons (Fsp3) is 0.643. The van der Waals surface area contributed by atoms with Gasteiger partial charge >= 0.3 is 0 Å². The van der Waals surface area contributed by atoms with Crippen LogP contribution >= 0.6 is 0 Å². The van der Waals surface area contributed by atoms with Crippen molar-refractivity contribution in [2.75, 3.05) is 24.6 Å². The summed E-state index contributed by atoms with van der Waals surface area (Å²) in [5.41, 5.74) is 2.62. The van der Waals surface area contributed by atoms with Crippen LogP contribution in [0.1, 0.15) is 25.3 Å². The minimum absolute atomic E-state index is 0.316. The number of hydrogen-bond acceptors (Lipinski definition) is 4. The van der Waals surface area contributed by atoms with Crippen LogP contribution in [0.2, 0.25) is 0 Å². The molecule has 1 saturated carbocycles. The van der Waals surface area contributed by atoms with E-state index in [-0.39, 0.29) is 0 Å². The molecular formula is C14H21N3O. The molecule has 0 amide bonds. The first kappa shape index (κ1) is 11.9. The number of ether oxygens (including phenoxy) is 1. The SMILES string of the molecule is CC1CN(c2ccncc2CNC2CC2)CCO1. The second-order valence-electron chi connectivity index (χ2n) is 5.29. The summed E-state index contributed by atoms with van der Waals surface area (Å²) in [5, 5.41) is 3.57. The molecular weight excluding hydrogens is 226 g/mol. The van der Waals surface area contributed by atoms with Gasteiger partial charge in [0.25, 0.3) is 0 Å². The van der Waals surface area contributed by atoms with Crippen LogP contribution in [0.25, 0.3) is 0 Å². The summed E-state index contributed by atoms with van der Waals surface area (Å²) in [6, 6.07) is 2.86. The van der Waals surface area contributed by atoms with Gasteiger partial charge in [0.2, 0.25) is 0 Å². The first-order valence-corrected chi connectivity index (χ1v) is 6.86. The Morgan fingerprint density at radius 3 is 3.17 bits per heavy atom. The van der Waals surface area contributed by atoms with Crippen molar-refractivity contribution in [3.8, 4) is 0 Å². The van der Waals surface area contributed by atoms with E-state index in [1.54, 1.807) is 0 Å². The van der Waals surface area contributed by atoms with E-state index in [4.69, 9.17) is 4.74 Å². The number of aromatic nitrogens is 1. The van der Waals surface area contributed by atoms with Crippen LogP contribution in [0.5, 0.6) is 0 Å². The fourth-order valence-electron chi connectivity index (χ4n) is 2.44. The highest BCUT2D eigenvalue weighted by Crippen LogP contribution is 2.24. The summed E-state index contributed by atoms with van der Waals surface area (Å²) in [6.45, 7) is 5.83. The number of nitrogens with zero attached hydrogens (tertiary/aromatic N) is 2. The maximum Gasteiger partial charge on any atom is 0.0722 e. The van der Waals surface area contributed by atoms with Crippen LogP contribution < -0.4 is 10.2 Å². The van der Waals surface area contributed by atoms with Gasteiger partial charge in [0.05, 0.1) is 12.7 Å². The van der Waals surface area contributed by atoms with Gasteiger partial charge in [-0.15, -0.1) is 0 Å². The molecule has 4 heteroatoms. The zero-order valence-corrected chi connectivity index (χ0v) is 10.9. The van der Waals surface area contributed by atoms with Gasteiger partial charge in [-0.05, 0) is 25.8 Å². The highest BCUT2D eigenvalue weighted by atomic mass is 16.5. The van der Waals surface area contributed by atoms with E-state index in [2.05, 4.69) is 28.2 Å². The molecule has 2 aliphatic rings. The van der Waals surface area contributed by atoms with Crippen LogP contribution in [0.15, 0.2) is 18.5 Å². The van der Waals surface area contributed by atoms with Crippen molar-refractivity contribution >= 4 is 5.69 Å². The number of hydrogen-bond donors (Lipinski definition) is 1. The zero-order valence-electron chi connectivity index (χ0n) is 10.9. The Morgan fingerprint density at radius 2 is 2.39 bits per heavy atom. The van der Waals surface area contributed by atoms with Gasteiger partial charge in [-0.3, -0.25) is 4.98 Å². The van der Waals surface area contributed by atoms with Crippen molar-refractivity contribution in [3.63, 3.8) is 0 Å². The normalized spacial score (nSPS) is 24.3. The average Bonchev–Trinajstić information content (AvgIpc) is 3.21. The van der Waals surface area contributed by atoms with E-state index in [0.29, 0.717) is 6.10 Å². The fourth-order valence-corrected chi connectivity index (χ4v) is 2.44. The number of anilines is 1. The maximum absolute atomic E-state index is 5.60. The van der Waals surface area contributed by atoms with Crippen LogP contribution in [0, 0.1) is 0 Å². The molecule has 1 saturated heterocycles. The molecule has 0 aromatic carbocycles. The summed E-state index contributed by atoms with van der Waals surface area (Å²) >= 11 is 0. The van der Waals surface area contributed by atoms with Crippen LogP contribution in [-0.2, 0) is 11.3 Å². The van der Waals surface area contributed by atoms with Gasteiger partial charge in [0, 0.05) is 49.3 Å². The van der Waals surface area contributed by atoms with Gasteiger partial charge in [0.1, 0.15) is 0 Å². The Morgan fingerprint density at radius 1 is 1.50 bits per heavy atom. The quantitative estimate of drug-likeness (QED) is 0.876. The molecule has 4 nitrogen and oxygen atoms in total. The predicted octanol–water partition coefficient (Wildman–Crippen LogP) is 1.56. The van der Waals surface area contributed by atoms with Crippen molar-refractivity contribution in [1.82, 2.24) is 10.3 Å². The minimum atomic E-state index is 0.316. The molecule has 0 radical (unpaired) electrons. The van der Waals surface area contributed by atoms with E-state index in [1.807, 2.05) is 12.4 Å². The van der Waals surface area contributed by atoms with Crippen molar-refractivity contribution in [1.29, 1.82) is 0 Å². The molecule has 0 bridgehead atoms. The second-order valence-corrected chi connectivity index (χ2v) is 5.29. The monoisotopic (exact) mass is 247 g/mol. The van der Waals surface area contributed by atoms with E-state index < -0.39 is 0 Å². The second kappa shape index (κ2) is 5.24. The first-order valence-electron chi connectivity index (χ1n) is 6.86. The molecule has 1 aromatic rings. The molecule has 1 N–H and O–H groups in total. The van der Waals surface area contributed by atoms with Gasteiger partial charge in [-0.25, -0.2) is 0 Å². The molecule has 1 aliphatic heterocycles. The average molecular weight is 247 g/mol. The summed E-state index contributed by atoms with van der Waals surface area (Å²) in [7, 11) is 0. The van der Waals surface area contributed by atoms with E-state index in [1.165, 1.54) is 24.1 Å². The van der Waals surface area contributed by atoms with Crippen LogP contribution in [0.3, 0.4) is 0 Å². The van der Waals surface area contributed by atoms with Crippen LogP contribution in [-0.4, -0.2) is 36.8 Å². The van der Waals surface area contributed by atoms with E-state index in [9.17, 15) is 0 Å². The molecule has 18 heavy (non-hydrogen) atoms. The minimum Gasteiger partial charge on any atom is -0.375 e. The Bertz CT molecular complexity index is 406. The van der Waals surface area contributed by atoms with Gasteiger partial charge in [-0.1, -0.05) is 0 Å². The molecule has 1 unspecified atom stereocenters. The van der Waals surface area contributed by atoms with Gasteiger partial charge in [-0.2, -0.15) is 0 Å². The Hall–Kier alpha value is -1.13. The lowest BCUT2D eigenvalue weighted by Gasteiger charge is -2.34. The predicted molar refractivity (Wildman–Crippen MR) is 71.7 cm³/mol. The smallest absolute Gasteiger partial charge is 0.0722 e. The molecule has 98 valence electrons. The number of rotatable bonds is 4. The third kappa shape index (κ3) is 2.82. The number of nitrogens with one attached hydrogen (secondary N) is 1. The Labute approximate surface area is 108 Å². The van der Waals surface area contributed by atoms with Crippen molar-refractivity contribution in [2.24, 2.45) is 0 Å². The Balaban J connectivity index is 1.72. The van der Waals surface area contributed by atoms with E-state index in [0.717, 1.165) is 32.3 Å². The van der Waals surface area contributed by atoms with Gasteiger partial charge < -0.3 is 15.0 Å². The maximum atomic E-state index is 5.60. The topological polar surface area (TPSA) is 37.4 Å². The summed E-state index contributed by atoms with van der Waals surface area (Å²) in [4.78, 5) is 6.68. The lowest BCUT2D eigenvalue weighted by atomic mass is 10.2.